The van der Waals surface area contributed by atoms with Crippen molar-refractivity contribution in [3.8, 4) is 0 Å². The second-order valence-corrected chi connectivity index (χ2v) is 5.17. The summed E-state index contributed by atoms with van der Waals surface area (Å²) in [7, 11) is 0. The van der Waals surface area contributed by atoms with Gasteiger partial charge in [0.25, 0.3) is 0 Å². The van der Waals surface area contributed by atoms with Crippen molar-refractivity contribution in [3.63, 3.8) is 0 Å². The van der Waals surface area contributed by atoms with E-state index < -0.39 is 0 Å². The Balaban J connectivity index is 2.31. The highest BCUT2D eigenvalue weighted by Gasteiger charge is 2.07. The van der Waals surface area contributed by atoms with Gasteiger partial charge >= 0.3 is 0 Å². The van der Waals surface area contributed by atoms with Crippen LogP contribution in [0.1, 0.15) is 43.2 Å². The average Bonchev–Trinajstić information content (AvgIpc) is 2.32. The summed E-state index contributed by atoms with van der Waals surface area (Å²) in [5.74, 6) is 0.272. The van der Waals surface area contributed by atoms with Gasteiger partial charge in [0.2, 0.25) is 0 Å². The smallest absolute Gasteiger partial charge is 0.137 e. The molecule has 0 aliphatic rings. The van der Waals surface area contributed by atoms with E-state index in [4.69, 9.17) is 17.3 Å². The van der Waals surface area contributed by atoms with Crippen molar-refractivity contribution >= 4 is 17.4 Å². The summed E-state index contributed by atoms with van der Waals surface area (Å²) in [6.45, 7) is 2.74. The molecule has 2 nitrogen and oxygen atoms in total. The van der Waals surface area contributed by atoms with Gasteiger partial charge in [0.15, 0.2) is 0 Å². The van der Waals surface area contributed by atoms with Gasteiger partial charge in [-0.25, -0.2) is 0 Å². The molecule has 0 radical (unpaired) electrons. The molecule has 1 aromatic carbocycles. The molecule has 3 heteroatoms. The summed E-state index contributed by atoms with van der Waals surface area (Å²) in [6, 6.07) is 5.85. The number of Topliss-reactive ketones (excluding diaryl/α,β-unsaturated/α-hetero) is 1. The van der Waals surface area contributed by atoms with Crippen molar-refractivity contribution < 1.29 is 4.79 Å². The Morgan fingerprint density at radius 3 is 2.61 bits per heavy atom. The van der Waals surface area contributed by atoms with Crippen molar-refractivity contribution in [1.82, 2.24) is 0 Å². The van der Waals surface area contributed by atoms with Gasteiger partial charge in [-0.15, -0.1) is 0 Å². The lowest BCUT2D eigenvalue weighted by Crippen LogP contribution is -2.03. The number of aryl methyl sites for hydroxylation is 1. The molecule has 0 aromatic heterocycles. The van der Waals surface area contributed by atoms with E-state index in [1.54, 1.807) is 0 Å². The van der Waals surface area contributed by atoms with Crippen LogP contribution in [0.25, 0.3) is 0 Å². The SMILES string of the molecule is Cc1ccc(CC(=O)CCCCCCN)c(Cl)c1. The predicted octanol–water partition coefficient (Wildman–Crippen LogP) is 3.67. The van der Waals surface area contributed by atoms with Gasteiger partial charge in [-0.05, 0) is 43.5 Å². The van der Waals surface area contributed by atoms with Crippen molar-refractivity contribution in [2.24, 2.45) is 5.73 Å². The number of carbonyl (C=O) groups excluding carboxylic acids is 1. The van der Waals surface area contributed by atoms with Gasteiger partial charge in [0.1, 0.15) is 5.78 Å². The second kappa shape index (κ2) is 8.28. The Hall–Kier alpha value is -0.860. The normalized spacial score (nSPS) is 10.6. The summed E-state index contributed by atoms with van der Waals surface area (Å²) in [5, 5.41) is 0.700. The highest BCUT2D eigenvalue weighted by molar-refractivity contribution is 6.31. The fourth-order valence-electron chi connectivity index (χ4n) is 1.92. The number of carbonyl (C=O) groups is 1. The molecule has 0 atom stereocenters. The maximum absolute atomic E-state index is 11.8. The van der Waals surface area contributed by atoms with Crippen LogP contribution in [0.3, 0.4) is 0 Å². The van der Waals surface area contributed by atoms with E-state index in [2.05, 4.69) is 0 Å². The van der Waals surface area contributed by atoms with E-state index in [1.165, 1.54) is 0 Å². The van der Waals surface area contributed by atoms with Gasteiger partial charge < -0.3 is 5.73 Å². The van der Waals surface area contributed by atoms with E-state index in [9.17, 15) is 4.79 Å². The minimum absolute atomic E-state index is 0.272. The number of benzene rings is 1. The molecule has 0 aliphatic carbocycles. The maximum atomic E-state index is 11.8. The lowest BCUT2D eigenvalue weighted by Gasteiger charge is -2.05. The highest BCUT2D eigenvalue weighted by atomic mass is 35.5. The Morgan fingerprint density at radius 1 is 1.22 bits per heavy atom. The minimum Gasteiger partial charge on any atom is -0.330 e. The molecule has 0 saturated heterocycles. The first-order valence-corrected chi connectivity index (χ1v) is 6.98. The molecular formula is C15H22ClNO. The number of halogens is 1. The first-order valence-electron chi connectivity index (χ1n) is 6.60. The Labute approximate surface area is 115 Å². The zero-order valence-corrected chi connectivity index (χ0v) is 11.8. The van der Waals surface area contributed by atoms with Gasteiger partial charge in [0.05, 0.1) is 0 Å². The van der Waals surface area contributed by atoms with E-state index in [1.807, 2.05) is 25.1 Å². The third kappa shape index (κ3) is 5.65. The molecule has 0 fully saturated rings. The third-order valence-electron chi connectivity index (χ3n) is 3.01. The van der Waals surface area contributed by atoms with Crippen molar-refractivity contribution in [2.45, 2.75) is 45.4 Å². The fourth-order valence-corrected chi connectivity index (χ4v) is 2.22. The quantitative estimate of drug-likeness (QED) is 0.731. The van der Waals surface area contributed by atoms with Crippen molar-refractivity contribution in [2.75, 3.05) is 6.54 Å². The summed E-state index contributed by atoms with van der Waals surface area (Å²) < 4.78 is 0. The Kier molecular flexibility index (Phi) is 6.99. The minimum atomic E-state index is 0.272. The number of rotatable bonds is 8. The molecule has 2 N–H and O–H groups in total. The van der Waals surface area contributed by atoms with Crippen LogP contribution in [0.2, 0.25) is 5.02 Å². The second-order valence-electron chi connectivity index (χ2n) is 4.76. The molecule has 0 amide bonds. The van der Waals surface area contributed by atoms with Gasteiger partial charge in [-0.1, -0.05) is 36.6 Å². The van der Waals surface area contributed by atoms with Crippen LogP contribution >= 0.6 is 11.6 Å². The summed E-state index contributed by atoms with van der Waals surface area (Å²) in [6.07, 6.45) is 5.32. The van der Waals surface area contributed by atoms with Gasteiger partial charge in [0, 0.05) is 17.9 Å². The van der Waals surface area contributed by atoms with Gasteiger partial charge in [-0.2, -0.15) is 0 Å². The van der Waals surface area contributed by atoms with Crippen LogP contribution < -0.4 is 5.73 Å². The number of hydrogen-bond acceptors (Lipinski definition) is 2. The number of unbranched alkanes of at least 4 members (excludes halogenated alkanes) is 3. The Bertz CT molecular complexity index is 390. The number of nitrogens with two attached hydrogens (primary N) is 1. The summed E-state index contributed by atoms with van der Waals surface area (Å²) in [5.41, 5.74) is 7.48. The average molecular weight is 268 g/mol. The van der Waals surface area contributed by atoms with Crippen LogP contribution in [0, 0.1) is 6.92 Å². The van der Waals surface area contributed by atoms with E-state index in [0.29, 0.717) is 17.9 Å². The van der Waals surface area contributed by atoms with Crippen LogP contribution in [0.4, 0.5) is 0 Å². The molecule has 0 unspecified atom stereocenters. The zero-order valence-electron chi connectivity index (χ0n) is 11.0. The van der Waals surface area contributed by atoms with Crippen LogP contribution in [-0.2, 0) is 11.2 Å². The Morgan fingerprint density at radius 2 is 1.94 bits per heavy atom. The van der Waals surface area contributed by atoms with E-state index in [0.717, 1.165) is 43.4 Å². The van der Waals surface area contributed by atoms with Crippen LogP contribution in [0.15, 0.2) is 18.2 Å². The maximum Gasteiger partial charge on any atom is 0.137 e. The molecule has 0 heterocycles. The van der Waals surface area contributed by atoms with E-state index >= 15 is 0 Å². The molecule has 1 aromatic rings. The monoisotopic (exact) mass is 267 g/mol. The molecule has 0 spiro atoms. The van der Waals surface area contributed by atoms with Crippen molar-refractivity contribution in [1.29, 1.82) is 0 Å². The lowest BCUT2D eigenvalue weighted by atomic mass is 10.0. The number of ketones is 1. The largest absolute Gasteiger partial charge is 0.330 e. The predicted molar refractivity (Wildman–Crippen MR) is 77.0 cm³/mol. The topological polar surface area (TPSA) is 43.1 Å². The standard InChI is InChI=1S/C15H22ClNO/c1-12-7-8-13(15(16)10-12)11-14(18)6-4-2-3-5-9-17/h7-8,10H,2-6,9,11,17H2,1H3. The first kappa shape index (κ1) is 15.2. The van der Waals surface area contributed by atoms with Crippen LogP contribution in [-0.4, -0.2) is 12.3 Å². The van der Waals surface area contributed by atoms with Gasteiger partial charge in [-0.3, -0.25) is 4.79 Å². The highest BCUT2D eigenvalue weighted by Crippen LogP contribution is 2.19. The van der Waals surface area contributed by atoms with Crippen molar-refractivity contribution in [3.05, 3.63) is 34.3 Å². The third-order valence-corrected chi connectivity index (χ3v) is 3.36. The number of hydrogen-bond donors (Lipinski definition) is 1. The molecular weight excluding hydrogens is 246 g/mol. The summed E-state index contributed by atoms with van der Waals surface area (Å²) >= 11 is 6.11. The molecule has 0 saturated carbocycles. The van der Waals surface area contributed by atoms with E-state index in [-0.39, 0.29) is 5.78 Å². The fraction of sp³-hybridized carbons (Fsp3) is 0.533. The summed E-state index contributed by atoms with van der Waals surface area (Å²) in [4.78, 5) is 11.8. The first-order chi connectivity index (χ1) is 8.63. The van der Waals surface area contributed by atoms with Crippen LogP contribution in [0.5, 0.6) is 0 Å². The zero-order chi connectivity index (χ0) is 13.4. The molecule has 18 heavy (non-hydrogen) atoms. The molecule has 100 valence electrons. The lowest BCUT2D eigenvalue weighted by molar-refractivity contribution is -0.118. The molecule has 1 rings (SSSR count). The molecule has 0 aliphatic heterocycles. The molecule has 0 bridgehead atoms.